The molecule has 0 aliphatic heterocycles. The summed E-state index contributed by atoms with van der Waals surface area (Å²) in [5.41, 5.74) is 0. The molecule has 0 rings (SSSR count). The first kappa shape index (κ1) is 40.2. The van der Waals surface area contributed by atoms with Gasteiger partial charge in [0.25, 0.3) is 0 Å². The van der Waals surface area contributed by atoms with Crippen LogP contribution in [-0.2, 0) is 14.3 Å². The van der Waals surface area contributed by atoms with Crippen LogP contribution in [0.5, 0.6) is 0 Å². The monoisotopic (exact) mass is 589 g/mol. The Morgan fingerprint density at radius 3 is 1.62 bits per heavy atom. The van der Waals surface area contributed by atoms with E-state index in [0.717, 1.165) is 51.4 Å². The number of esters is 1. The number of carboxylic acid groups (broad SMARTS) is 1. The summed E-state index contributed by atoms with van der Waals surface area (Å²) in [6.45, 7) is 4.48. The minimum atomic E-state index is -0.728. The van der Waals surface area contributed by atoms with Crippen molar-refractivity contribution in [3.8, 4) is 0 Å². The van der Waals surface area contributed by atoms with E-state index in [1.165, 1.54) is 103 Å². The molecule has 0 radical (unpaired) electrons. The Morgan fingerprint density at radius 2 is 1.02 bits per heavy atom. The van der Waals surface area contributed by atoms with Crippen molar-refractivity contribution in [2.75, 3.05) is 0 Å². The van der Waals surface area contributed by atoms with Gasteiger partial charge >= 0.3 is 11.9 Å². The lowest BCUT2D eigenvalue weighted by Gasteiger charge is -2.14. The minimum absolute atomic E-state index is 0.0858. The zero-order valence-corrected chi connectivity index (χ0v) is 27.8. The highest BCUT2D eigenvalue weighted by molar-refractivity contribution is 5.69. The number of unbranched alkanes of at least 4 members (excludes halogenated alkanes) is 19. The molecule has 0 spiro atoms. The fourth-order valence-corrected chi connectivity index (χ4v) is 5.11. The smallest absolute Gasteiger partial charge is 0.306 e. The van der Waals surface area contributed by atoms with E-state index in [1.807, 2.05) is 6.08 Å². The molecule has 1 N–H and O–H groups in total. The van der Waals surface area contributed by atoms with E-state index < -0.39 is 5.97 Å². The zero-order chi connectivity index (χ0) is 30.8. The number of carboxylic acids is 1. The van der Waals surface area contributed by atoms with E-state index in [2.05, 4.69) is 44.2 Å². The van der Waals surface area contributed by atoms with Crippen LogP contribution in [0.3, 0.4) is 0 Å². The molecule has 42 heavy (non-hydrogen) atoms. The fourth-order valence-electron chi connectivity index (χ4n) is 5.11. The van der Waals surface area contributed by atoms with E-state index in [-0.39, 0.29) is 18.5 Å². The molecule has 0 aromatic rings. The maximum atomic E-state index is 12.5. The van der Waals surface area contributed by atoms with Gasteiger partial charge in [0, 0.05) is 12.8 Å². The van der Waals surface area contributed by atoms with Gasteiger partial charge in [-0.05, 0) is 70.3 Å². The first-order chi connectivity index (χ1) is 20.6. The highest BCUT2D eigenvalue weighted by Crippen LogP contribution is 2.15. The average Bonchev–Trinajstić information content (AvgIpc) is 2.97. The molecule has 0 fully saturated rings. The van der Waals surface area contributed by atoms with E-state index >= 15 is 0 Å². The molecule has 4 nitrogen and oxygen atoms in total. The summed E-state index contributed by atoms with van der Waals surface area (Å²) in [5.74, 6) is -0.814. The molecule has 0 saturated heterocycles. The molecule has 0 aromatic heterocycles. The van der Waals surface area contributed by atoms with Crippen LogP contribution in [0, 0.1) is 0 Å². The van der Waals surface area contributed by atoms with Crippen molar-refractivity contribution in [2.24, 2.45) is 0 Å². The van der Waals surface area contributed by atoms with Crippen molar-refractivity contribution in [3.63, 3.8) is 0 Å². The molecular formula is C38H68O4. The Hall–Kier alpha value is -1.84. The van der Waals surface area contributed by atoms with Crippen LogP contribution in [0.2, 0.25) is 0 Å². The first-order valence-corrected chi connectivity index (χ1v) is 18.0. The van der Waals surface area contributed by atoms with Crippen molar-refractivity contribution in [2.45, 2.75) is 193 Å². The Balaban J connectivity index is 3.93. The number of carbonyl (C=O) groups is 2. The van der Waals surface area contributed by atoms with Crippen LogP contribution in [0.15, 0.2) is 36.5 Å². The van der Waals surface area contributed by atoms with Crippen molar-refractivity contribution in [1.82, 2.24) is 0 Å². The number of ether oxygens (including phenoxy) is 1. The zero-order valence-electron chi connectivity index (χ0n) is 27.8. The summed E-state index contributed by atoms with van der Waals surface area (Å²) in [5, 5.41) is 8.79. The van der Waals surface area contributed by atoms with E-state index in [9.17, 15) is 9.59 Å². The largest absolute Gasteiger partial charge is 0.481 e. The Morgan fingerprint density at radius 1 is 0.548 bits per heavy atom. The molecule has 244 valence electrons. The van der Waals surface area contributed by atoms with Gasteiger partial charge in [0.2, 0.25) is 0 Å². The molecule has 4 heteroatoms. The number of aliphatic carboxylic acids is 1. The molecule has 0 aliphatic rings. The molecule has 1 atom stereocenters. The summed E-state index contributed by atoms with van der Waals surface area (Å²) < 4.78 is 5.82. The average molecular weight is 589 g/mol. The van der Waals surface area contributed by atoms with Crippen LogP contribution in [0.25, 0.3) is 0 Å². The number of allylic oxidation sites excluding steroid dienone is 5. The van der Waals surface area contributed by atoms with Gasteiger partial charge in [-0.15, -0.1) is 0 Å². The molecule has 0 bridgehead atoms. The van der Waals surface area contributed by atoms with Gasteiger partial charge in [-0.25, -0.2) is 0 Å². The molecule has 0 heterocycles. The summed E-state index contributed by atoms with van der Waals surface area (Å²) in [4.78, 5) is 23.2. The molecule has 0 amide bonds. The van der Waals surface area contributed by atoms with E-state index in [0.29, 0.717) is 12.8 Å². The Bertz CT molecular complexity index is 679. The summed E-state index contributed by atoms with van der Waals surface area (Å²) in [7, 11) is 0. The third-order valence-electron chi connectivity index (χ3n) is 7.82. The lowest BCUT2D eigenvalue weighted by molar-refractivity contribution is -0.147. The maximum absolute atomic E-state index is 12.5. The molecule has 1 unspecified atom stereocenters. The number of carbonyl (C=O) groups excluding carboxylic acids is 1. The molecular weight excluding hydrogens is 520 g/mol. The van der Waals surface area contributed by atoms with Crippen LogP contribution < -0.4 is 0 Å². The van der Waals surface area contributed by atoms with Gasteiger partial charge in [-0.3, -0.25) is 9.59 Å². The van der Waals surface area contributed by atoms with Crippen molar-refractivity contribution < 1.29 is 19.4 Å². The van der Waals surface area contributed by atoms with Gasteiger partial charge in [0.05, 0.1) is 0 Å². The predicted molar refractivity (Wildman–Crippen MR) is 181 cm³/mol. The quantitative estimate of drug-likeness (QED) is 0.0482. The van der Waals surface area contributed by atoms with Crippen LogP contribution >= 0.6 is 0 Å². The Kier molecular flexibility index (Phi) is 32.2. The standard InChI is InChI=1S/C38H68O4/c1-3-5-7-9-11-12-13-14-15-16-17-18-19-20-21-23-25-31-35-38(41)42-36(32-28-24-22-10-8-6-4-2)33-29-26-27-30-34-37(39)40/h10,15-16,22,28,32,36H,3-9,11-14,17-21,23-27,29-31,33-35H2,1-2H3,(H,39,40)/b16-15-,22-10-,32-28-. The van der Waals surface area contributed by atoms with Crippen molar-refractivity contribution >= 4 is 11.9 Å². The van der Waals surface area contributed by atoms with E-state index in [4.69, 9.17) is 9.84 Å². The van der Waals surface area contributed by atoms with Crippen molar-refractivity contribution in [3.05, 3.63) is 36.5 Å². The van der Waals surface area contributed by atoms with Crippen LogP contribution in [0.1, 0.15) is 187 Å². The first-order valence-electron chi connectivity index (χ1n) is 18.0. The highest BCUT2D eigenvalue weighted by Gasteiger charge is 2.11. The molecule has 0 aromatic carbocycles. The summed E-state index contributed by atoms with van der Waals surface area (Å²) >= 11 is 0. The van der Waals surface area contributed by atoms with Gasteiger partial charge in [0.1, 0.15) is 6.10 Å². The van der Waals surface area contributed by atoms with Gasteiger partial charge in [0.15, 0.2) is 0 Å². The van der Waals surface area contributed by atoms with Gasteiger partial charge in [-0.2, -0.15) is 0 Å². The lowest BCUT2D eigenvalue weighted by Crippen LogP contribution is -2.16. The van der Waals surface area contributed by atoms with Gasteiger partial charge < -0.3 is 9.84 Å². The second-order valence-electron chi connectivity index (χ2n) is 12.0. The maximum Gasteiger partial charge on any atom is 0.306 e. The van der Waals surface area contributed by atoms with Crippen LogP contribution in [-0.4, -0.2) is 23.1 Å². The third kappa shape index (κ3) is 32.7. The third-order valence-corrected chi connectivity index (χ3v) is 7.82. The Labute approximate surface area is 260 Å². The second-order valence-corrected chi connectivity index (χ2v) is 12.0. The summed E-state index contributed by atoms with van der Waals surface area (Å²) in [6, 6.07) is 0. The highest BCUT2D eigenvalue weighted by atomic mass is 16.5. The fraction of sp³-hybridized carbons (Fsp3) is 0.789. The number of rotatable bonds is 32. The topological polar surface area (TPSA) is 63.6 Å². The second kappa shape index (κ2) is 33.7. The molecule has 0 aliphatic carbocycles. The van der Waals surface area contributed by atoms with E-state index in [1.54, 1.807) is 0 Å². The van der Waals surface area contributed by atoms with Gasteiger partial charge in [-0.1, -0.05) is 141 Å². The minimum Gasteiger partial charge on any atom is -0.481 e. The number of hydrogen-bond donors (Lipinski definition) is 1. The molecule has 0 saturated carbocycles. The normalized spacial score (nSPS) is 12.6. The predicted octanol–water partition coefficient (Wildman–Crippen LogP) is 12.2. The van der Waals surface area contributed by atoms with Crippen molar-refractivity contribution in [1.29, 1.82) is 0 Å². The SMILES string of the molecule is CCCC/C=C\C/C=C\C(CCCCCCC(=O)O)OC(=O)CCCCCCCCC/C=C\CCCCCCCCC. The summed E-state index contributed by atoms with van der Waals surface area (Å²) in [6.07, 6.45) is 43.2. The lowest BCUT2D eigenvalue weighted by atomic mass is 10.1. The number of hydrogen-bond acceptors (Lipinski definition) is 3. The van der Waals surface area contributed by atoms with Crippen LogP contribution in [0.4, 0.5) is 0 Å².